The largest absolute Gasteiger partial charge is 0.481 e. The van der Waals surface area contributed by atoms with Crippen molar-refractivity contribution in [3.8, 4) is 0 Å². The Kier molecular flexibility index (Phi) is 5.87. The number of hydrogen-bond donors (Lipinski definition) is 2. The summed E-state index contributed by atoms with van der Waals surface area (Å²) >= 11 is 0. The lowest BCUT2D eigenvalue weighted by molar-refractivity contribution is -0.146. The Balaban J connectivity index is 2.37. The Morgan fingerprint density at radius 2 is 1.69 bits per heavy atom. The summed E-state index contributed by atoms with van der Waals surface area (Å²) in [7, 11) is -0.769. The molecule has 0 aromatic heterocycles. The van der Waals surface area contributed by atoms with Crippen molar-refractivity contribution in [2.24, 2.45) is 11.8 Å². The second-order valence-electron chi connectivity index (χ2n) is 6.68. The first-order chi connectivity index (χ1) is 12.1. The first-order valence-corrected chi connectivity index (χ1v) is 9.72. The Hall–Kier alpha value is -2.19. The maximum Gasteiger partial charge on any atom is 0.307 e. The first-order valence-electron chi connectivity index (χ1n) is 8.28. The number of nitrogens with zero attached hydrogens (tertiary/aromatic N) is 1. The molecule has 7 nitrogen and oxygen atoms in total. The lowest BCUT2D eigenvalue weighted by Crippen LogP contribution is -2.35. The summed E-state index contributed by atoms with van der Waals surface area (Å²) in [4.78, 5) is 24.2. The summed E-state index contributed by atoms with van der Waals surface area (Å²) in [5.41, 5.74) is 1.85. The maximum absolute atomic E-state index is 12.7. The van der Waals surface area contributed by atoms with Crippen LogP contribution in [0.3, 0.4) is 0 Å². The van der Waals surface area contributed by atoms with E-state index in [1.54, 1.807) is 32.1 Å². The minimum Gasteiger partial charge on any atom is -0.481 e. The number of anilines is 1. The highest BCUT2D eigenvalue weighted by Gasteiger charge is 2.34. The first kappa shape index (κ1) is 20.1. The van der Waals surface area contributed by atoms with Gasteiger partial charge in [-0.05, 0) is 49.9 Å². The predicted octanol–water partition coefficient (Wildman–Crippen LogP) is 2.16. The standard InChI is InChI=1S/C18H24N2O5S/c1-11-9-13(26(24,25)20(3)4)10-16(12(11)2)19-17(21)14-7-5-6-8-15(14)18(22)23/h5-6,9-10,14-15H,7-8H2,1-4H3,(H,19,21)(H,22,23)/t14-,15-/m0/s1. The van der Waals surface area contributed by atoms with Crippen molar-refractivity contribution < 1.29 is 23.1 Å². The van der Waals surface area contributed by atoms with Gasteiger partial charge in [0.15, 0.2) is 0 Å². The third kappa shape index (κ3) is 3.96. The molecule has 0 saturated carbocycles. The molecule has 0 fully saturated rings. The monoisotopic (exact) mass is 380 g/mol. The number of carbonyl (C=O) groups excluding carboxylic acids is 1. The van der Waals surface area contributed by atoms with Gasteiger partial charge in [0.2, 0.25) is 15.9 Å². The van der Waals surface area contributed by atoms with Crippen LogP contribution in [0.2, 0.25) is 0 Å². The van der Waals surface area contributed by atoms with Crippen LogP contribution in [0.1, 0.15) is 24.0 Å². The SMILES string of the molecule is Cc1cc(S(=O)(=O)N(C)C)cc(NC(=O)[C@H]2CC=CC[C@@H]2C(=O)O)c1C. The number of benzene rings is 1. The van der Waals surface area contributed by atoms with Crippen LogP contribution < -0.4 is 5.32 Å². The van der Waals surface area contributed by atoms with E-state index in [1.807, 2.05) is 0 Å². The Morgan fingerprint density at radius 3 is 2.23 bits per heavy atom. The van der Waals surface area contributed by atoms with Crippen molar-refractivity contribution in [1.82, 2.24) is 4.31 Å². The van der Waals surface area contributed by atoms with Crippen LogP contribution in [0.5, 0.6) is 0 Å². The van der Waals surface area contributed by atoms with Gasteiger partial charge in [0, 0.05) is 19.8 Å². The zero-order valence-corrected chi connectivity index (χ0v) is 16.1. The summed E-state index contributed by atoms with van der Waals surface area (Å²) in [6, 6.07) is 2.98. The van der Waals surface area contributed by atoms with Gasteiger partial charge in [-0.3, -0.25) is 9.59 Å². The Labute approximate surface area is 153 Å². The molecule has 2 atom stereocenters. The van der Waals surface area contributed by atoms with Gasteiger partial charge in [0.1, 0.15) is 0 Å². The van der Waals surface area contributed by atoms with Gasteiger partial charge in [-0.25, -0.2) is 12.7 Å². The smallest absolute Gasteiger partial charge is 0.307 e. The molecule has 0 unspecified atom stereocenters. The number of carboxylic acids is 1. The molecule has 1 amide bonds. The number of carboxylic acid groups (broad SMARTS) is 1. The van der Waals surface area contributed by atoms with Gasteiger partial charge in [-0.1, -0.05) is 12.2 Å². The summed E-state index contributed by atoms with van der Waals surface area (Å²) in [5, 5.41) is 12.1. The van der Waals surface area contributed by atoms with E-state index in [4.69, 9.17) is 0 Å². The van der Waals surface area contributed by atoms with Crippen molar-refractivity contribution in [3.05, 3.63) is 35.4 Å². The van der Waals surface area contributed by atoms with Gasteiger partial charge < -0.3 is 10.4 Å². The molecular formula is C18H24N2O5S. The number of carbonyl (C=O) groups is 2. The number of rotatable bonds is 5. The summed E-state index contributed by atoms with van der Waals surface area (Å²) < 4.78 is 25.9. The van der Waals surface area contributed by atoms with E-state index < -0.39 is 33.7 Å². The highest BCUT2D eigenvalue weighted by atomic mass is 32.2. The molecule has 26 heavy (non-hydrogen) atoms. The van der Waals surface area contributed by atoms with Crippen LogP contribution in [0.15, 0.2) is 29.2 Å². The minimum absolute atomic E-state index is 0.0826. The number of allylic oxidation sites excluding steroid dienone is 2. The molecular weight excluding hydrogens is 356 g/mol. The number of aliphatic carboxylic acids is 1. The molecule has 1 aromatic rings. The van der Waals surface area contributed by atoms with Crippen molar-refractivity contribution in [2.45, 2.75) is 31.6 Å². The normalized spacial score (nSPS) is 20.2. The summed E-state index contributed by atoms with van der Waals surface area (Å²) in [6.45, 7) is 3.55. The van der Waals surface area contributed by atoms with E-state index in [-0.39, 0.29) is 4.90 Å². The van der Waals surface area contributed by atoms with Crippen LogP contribution in [-0.2, 0) is 19.6 Å². The molecule has 2 rings (SSSR count). The molecule has 0 heterocycles. The Morgan fingerprint density at radius 1 is 1.12 bits per heavy atom. The van der Waals surface area contributed by atoms with Crippen molar-refractivity contribution in [1.29, 1.82) is 0 Å². The molecule has 142 valence electrons. The molecule has 0 bridgehead atoms. The van der Waals surface area contributed by atoms with E-state index in [0.717, 1.165) is 15.4 Å². The quantitative estimate of drug-likeness (QED) is 0.762. The number of sulfonamides is 1. The lowest BCUT2D eigenvalue weighted by atomic mass is 9.82. The number of nitrogens with one attached hydrogen (secondary N) is 1. The van der Waals surface area contributed by atoms with Crippen molar-refractivity contribution in [3.63, 3.8) is 0 Å². The number of aryl methyl sites for hydroxylation is 1. The molecule has 8 heteroatoms. The summed E-state index contributed by atoms with van der Waals surface area (Å²) in [6.07, 6.45) is 4.22. The molecule has 2 N–H and O–H groups in total. The molecule has 0 radical (unpaired) electrons. The van der Waals surface area contributed by atoms with E-state index in [1.165, 1.54) is 20.2 Å². The van der Waals surface area contributed by atoms with Crippen molar-refractivity contribution in [2.75, 3.05) is 19.4 Å². The molecule has 0 saturated heterocycles. The van der Waals surface area contributed by atoms with Gasteiger partial charge in [-0.2, -0.15) is 0 Å². The highest BCUT2D eigenvalue weighted by Crippen LogP contribution is 2.30. The van der Waals surface area contributed by atoms with Crippen LogP contribution in [0.25, 0.3) is 0 Å². The topological polar surface area (TPSA) is 104 Å². The van der Waals surface area contributed by atoms with Crippen LogP contribution in [-0.4, -0.2) is 43.8 Å². The van der Waals surface area contributed by atoms with Gasteiger partial charge in [0.05, 0.1) is 16.7 Å². The zero-order chi connectivity index (χ0) is 19.6. The van der Waals surface area contributed by atoms with E-state index in [9.17, 15) is 23.1 Å². The molecule has 0 spiro atoms. The molecule has 1 aromatic carbocycles. The number of amides is 1. The van der Waals surface area contributed by atoms with Crippen molar-refractivity contribution >= 4 is 27.6 Å². The average Bonchev–Trinajstić information content (AvgIpc) is 2.58. The molecule has 0 aliphatic heterocycles. The molecule has 1 aliphatic rings. The van der Waals surface area contributed by atoms with Crippen LogP contribution in [0, 0.1) is 25.7 Å². The Bertz CT molecular complexity index is 859. The molecule has 1 aliphatic carbocycles. The third-order valence-electron chi connectivity index (χ3n) is 4.76. The fraction of sp³-hybridized carbons (Fsp3) is 0.444. The lowest BCUT2D eigenvalue weighted by Gasteiger charge is -2.25. The average molecular weight is 380 g/mol. The minimum atomic E-state index is -3.65. The van der Waals surface area contributed by atoms with Crippen LogP contribution >= 0.6 is 0 Å². The van der Waals surface area contributed by atoms with Gasteiger partial charge in [-0.15, -0.1) is 0 Å². The fourth-order valence-electron chi connectivity index (χ4n) is 2.92. The fourth-order valence-corrected chi connectivity index (χ4v) is 3.93. The second kappa shape index (κ2) is 7.59. The maximum atomic E-state index is 12.7. The third-order valence-corrected chi connectivity index (χ3v) is 6.56. The zero-order valence-electron chi connectivity index (χ0n) is 15.3. The number of hydrogen-bond acceptors (Lipinski definition) is 4. The highest BCUT2D eigenvalue weighted by molar-refractivity contribution is 7.89. The predicted molar refractivity (Wildman–Crippen MR) is 98.4 cm³/mol. The van der Waals surface area contributed by atoms with E-state index >= 15 is 0 Å². The van der Waals surface area contributed by atoms with Gasteiger partial charge in [0.25, 0.3) is 0 Å². The van der Waals surface area contributed by atoms with Gasteiger partial charge >= 0.3 is 5.97 Å². The second-order valence-corrected chi connectivity index (χ2v) is 8.84. The van der Waals surface area contributed by atoms with E-state index in [0.29, 0.717) is 18.5 Å². The van der Waals surface area contributed by atoms with Crippen LogP contribution in [0.4, 0.5) is 5.69 Å². The van der Waals surface area contributed by atoms with E-state index in [2.05, 4.69) is 5.32 Å². The summed E-state index contributed by atoms with van der Waals surface area (Å²) in [5.74, 6) is -2.89.